The lowest BCUT2D eigenvalue weighted by molar-refractivity contribution is -0.121. The first kappa shape index (κ1) is 13.3. The van der Waals surface area contributed by atoms with Crippen LogP contribution in [-0.2, 0) is 4.79 Å². The highest BCUT2D eigenvalue weighted by molar-refractivity contribution is 7.80. The zero-order valence-corrected chi connectivity index (χ0v) is 9.69. The number of thiocarbonyl (C=S) groups is 1. The van der Waals surface area contributed by atoms with Gasteiger partial charge < -0.3 is 11.1 Å². The minimum absolute atomic E-state index is 0.0605. The van der Waals surface area contributed by atoms with Gasteiger partial charge >= 0.3 is 0 Å². The standard InChI is InChI=1S/C9H19N3OS/c1-3-11-9(13)7-12(2)6-4-5-8(10)14/h3-7H2,1-2H3,(H2,10,14)(H,11,13). The van der Waals surface area contributed by atoms with Crippen molar-refractivity contribution in [3.05, 3.63) is 0 Å². The second-order valence-corrected chi connectivity index (χ2v) is 3.79. The third kappa shape index (κ3) is 7.94. The van der Waals surface area contributed by atoms with Crippen LogP contribution in [0.15, 0.2) is 0 Å². The second kappa shape index (κ2) is 7.70. The number of amides is 1. The molecule has 5 heteroatoms. The summed E-state index contributed by atoms with van der Waals surface area (Å²) < 4.78 is 0. The molecule has 0 heterocycles. The van der Waals surface area contributed by atoms with E-state index in [2.05, 4.69) is 5.32 Å². The molecule has 0 spiro atoms. The minimum atomic E-state index is 0.0605. The topological polar surface area (TPSA) is 58.4 Å². The Kier molecular flexibility index (Phi) is 7.32. The molecule has 0 radical (unpaired) electrons. The van der Waals surface area contributed by atoms with Crippen molar-refractivity contribution in [1.82, 2.24) is 10.2 Å². The molecule has 1 amide bonds. The maximum absolute atomic E-state index is 11.1. The molecule has 0 unspecified atom stereocenters. The number of nitrogens with one attached hydrogen (secondary N) is 1. The lowest BCUT2D eigenvalue weighted by Crippen LogP contribution is -2.35. The molecule has 82 valence electrons. The number of rotatable bonds is 7. The Morgan fingerprint density at radius 1 is 1.57 bits per heavy atom. The van der Waals surface area contributed by atoms with Crippen LogP contribution in [0, 0.1) is 0 Å². The fourth-order valence-electron chi connectivity index (χ4n) is 1.10. The van der Waals surface area contributed by atoms with Gasteiger partial charge in [-0.3, -0.25) is 9.69 Å². The summed E-state index contributed by atoms with van der Waals surface area (Å²) in [5.74, 6) is 0.0605. The molecular weight excluding hydrogens is 198 g/mol. The van der Waals surface area contributed by atoms with Gasteiger partial charge in [0, 0.05) is 6.54 Å². The van der Waals surface area contributed by atoms with E-state index in [0.717, 1.165) is 19.4 Å². The maximum atomic E-state index is 11.1. The van der Waals surface area contributed by atoms with E-state index >= 15 is 0 Å². The summed E-state index contributed by atoms with van der Waals surface area (Å²) >= 11 is 4.76. The first-order valence-corrected chi connectivity index (χ1v) is 5.20. The van der Waals surface area contributed by atoms with E-state index in [1.54, 1.807) is 0 Å². The Labute approximate surface area is 90.8 Å². The van der Waals surface area contributed by atoms with Crippen molar-refractivity contribution < 1.29 is 4.79 Å². The van der Waals surface area contributed by atoms with Gasteiger partial charge in [-0.25, -0.2) is 0 Å². The number of hydrogen-bond donors (Lipinski definition) is 2. The van der Waals surface area contributed by atoms with Crippen LogP contribution in [0.5, 0.6) is 0 Å². The number of carbonyl (C=O) groups excluding carboxylic acids is 1. The highest BCUT2D eigenvalue weighted by atomic mass is 32.1. The van der Waals surface area contributed by atoms with Crippen molar-refractivity contribution in [2.45, 2.75) is 19.8 Å². The average molecular weight is 217 g/mol. The van der Waals surface area contributed by atoms with Gasteiger partial charge in [0.25, 0.3) is 0 Å². The lowest BCUT2D eigenvalue weighted by atomic mass is 10.3. The van der Waals surface area contributed by atoms with Crippen molar-refractivity contribution in [2.24, 2.45) is 5.73 Å². The third-order valence-corrected chi connectivity index (χ3v) is 1.95. The van der Waals surface area contributed by atoms with Crippen LogP contribution in [0.1, 0.15) is 19.8 Å². The molecule has 0 fully saturated rings. The quantitative estimate of drug-likeness (QED) is 0.595. The van der Waals surface area contributed by atoms with E-state index in [0.29, 0.717) is 18.1 Å². The molecule has 0 aromatic rings. The SMILES string of the molecule is CCNC(=O)CN(C)CCCC(N)=S. The normalized spacial score (nSPS) is 10.2. The molecule has 0 aromatic carbocycles. The van der Waals surface area contributed by atoms with E-state index in [-0.39, 0.29) is 5.91 Å². The van der Waals surface area contributed by atoms with E-state index in [9.17, 15) is 4.79 Å². The summed E-state index contributed by atoms with van der Waals surface area (Å²) in [6.07, 6.45) is 1.65. The van der Waals surface area contributed by atoms with Gasteiger partial charge in [-0.2, -0.15) is 0 Å². The predicted octanol–water partition coefficient (Wildman–Crippen LogP) is 0.121. The number of likely N-dealkylation sites (N-methyl/N-ethyl adjacent to an activating group) is 2. The molecule has 0 aliphatic carbocycles. The van der Waals surface area contributed by atoms with Crippen molar-refractivity contribution in [3.8, 4) is 0 Å². The summed E-state index contributed by atoms with van der Waals surface area (Å²) in [6.45, 7) is 3.87. The van der Waals surface area contributed by atoms with Crippen LogP contribution in [0.4, 0.5) is 0 Å². The molecule has 0 atom stereocenters. The average Bonchev–Trinajstić information content (AvgIpc) is 2.03. The smallest absolute Gasteiger partial charge is 0.234 e. The van der Waals surface area contributed by atoms with E-state index in [1.807, 2.05) is 18.9 Å². The van der Waals surface area contributed by atoms with E-state index in [4.69, 9.17) is 18.0 Å². The number of hydrogen-bond acceptors (Lipinski definition) is 3. The summed E-state index contributed by atoms with van der Waals surface area (Å²) in [7, 11) is 1.91. The number of carbonyl (C=O) groups is 1. The molecule has 4 nitrogen and oxygen atoms in total. The van der Waals surface area contributed by atoms with Crippen molar-refractivity contribution >= 4 is 23.1 Å². The first-order valence-electron chi connectivity index (χ1n) is 4.79. The largest absolute Gasteiger partial charge is 0.393 e. The van der Waals surface area contributed by atoms with Crippen molar-refractivity contribution in [3.63, 3.8) is 0 Å². The van der Waals surface area contributed by atoms with Gasteiger partial charge in [0.1, 0.15) is 0 Å². The number of nitrogens with zero attached hydrogens (tertiary/aromatic N) is 1. The second-order valence-electron chi connectivity index (χ2n) is 3.26. The van der Waals surface area contributed by atoms with Gasteiger partial charge in [0.2, 0.25) is 5.91 Å². The molecule has 0 bridgehead atoms. The summed E-state index contributed by atoms with van der Waals surface area (Å²) in [5, 5.41) is 2.74. The minimum Gasteiger partial charge on any atom is -0.393 e. The predicted molar refractivity (Wildman–Crippen MR) is 62.2 cm³/mol. The first-order chi connectivity index (χ1) is 6.56. The van der Waals surface area contributed by atoms with Gasteiger partial charge in [0.05, 0.1) is 11.5 Å². The molecule has 3 N–H and O–H groups in total. The van der Waals surface area contributed by atoms with E-state index < -0.39 is 0 Å². The van der Waals surface area contributed by atoms with Crippen molar-refractivity contribution in [2.75, 3.05) is 26.7 Å². The zero-order valence-electron chi connectivity index (χ0n) is 8.88. The van der Waals surface area contributed by atoms with Crippen LogP contribution >= 0.6 is 12.2 Å². The van der Waals surface area contributed by atoms with Gasteiger partial charge in [-0.15, -0.1) is 0 Å². The molecule has 0 aliphatic rings. The molecule has 0 saturated carbocycles. The molecule has 14 heavy (non-hydrogen) atoms. The highest BCUT2D eigenvalue weighted by Crippen LogP contribution is 1.92. The zero-order chi connectivity index (χ0) is 11.0. The highest BCUT2D eigenvalue weighted by Gasteiger charge is 2.04. The van der Waals surface area contributed by atoms with Crippen LogP contribution < -0.4 is 11.1 Å². The fourth-order valence-corrected chi connectivity index (χ4v) is 1.24. The molecule has 0 rings (SSSR count). The molecular formula is C9H19N3OS. The third-order valence-electron chi connectivity index (χ3n) is 1.75. The van der Waals surface area contributed by atoms with Gasteiger partial charge in [-0.1, -0.05) is 12.2 Å². The Morgan fingerprint density at radius 2 is 2.21 bits per heavy atom. The Morgan fingerprint density at radius 3 is 2.71 bits per heavy atom. The number of nitrogens with two attached hydrogens (primary N) is 1. The molecule has 0 aromatic heterocycles. The van der Waals surface area contributed by atoms with Gasteiger partial charge in [0.15, 0.2) is 0 Å². The summed E-state index contributed by atoms with van der Waals surface area (Å²) in [6, 6.07) is 0. The van der Waals surface area contributed by atoms with Gasteiger partial charge in [-0.05, 0) is 33.4 Å². The molecule has 0 saturated heterocycles. The maximum Gasteiger partial charge on any atom is 0.234 e. The van der Waals surface area contributed by atoms with E-state index in [1.165, 1.54) is 0 Å². The monoisotopic (exact) mass is 217 g/mol. The summed E-state index contributed by atoms with van der Waals surface area (Å²) in [4.78, 5) is 13.6. The Hall–Kier alpha value is -0.680. The Bertz CT molecular complexity index is 196. The Balaban J connectivity index is 3.49. The fraction of sp³-hybridized carbons (Fsp3) is 0.778. The molecule has 0 aliphatic heterocycles. The van der Waals surface area contributed by atoms with Crippen LogP contribution in [0.3, 0.4) is 0 Å². The van der Waals surface area contributed by atoms with Crippen LogP contribution in [-0.4, -0.2) is 42.5 Å². The summed E-state index contributed by atoms with van der Waals surface area (Å²) in [5.41, 5.74) is 5.36. The van der Waals surface area contributed by atoms with Crippen LogP contribution in [0.2, 0.25) is 0 Å². The van der Waals surface area contributed by atoms with Crippen LogP contribution in [0.25, 0.3) is 0 Å². The lowest BCUT2D eigenvalue weighted by Gasteiger charge is -2.15. The van der Waals surface area contributed by atoms with Crippen molar-refractivity contribution in [1.29, 1.82) is 0 Å².